The summed E-state index contributed by atoms with van der Waals surface area (Å²) in [7, 11) is 0. The predicted octanol–water partition coefficient (Wildman–Crippen LogP) is 2.58. The fourth-order valence-electron chi connectivity index (χ4n) is 1.93. The molecule has 3 rings (SSSR count). The van der Waals surface area contributed by atoms with Crippen LogP contribution in [0.5, 0.6) is 0 Å². The van der Waals surface area contributed by atoms with Gasteiger partial charge in [-0.3, -0.25) is 0 Å². The summed E-state index contributed by atoms with van der Waals surface area (Å²) in [5.74, 6) is 0.958. The third-order valence-electron chi connectivity index (χ3n) is 2.79. The lowest BCUT2D eigenvalue weighted by molar-refractivity contribution is 1.03. The zero-order valence-electron chi connectivity index (χ0n) is 11.4. The fourth-order valence-corrected chi connectivity index (χ4v) is 2.82. The van der Waals surface area contributed by atoms with Crippen LogP contribution in [-0.2, 0) is 0 Å². The minimum absolute atomic E-state index is 0.245. The summed E-state index contributed by atoms with van der Waals surface area (Å²) >= 11 is 1.45. The Kier molecular flexibility index (Phi) is 3.83. The van der Waals surface area contributed by atoms with Crippen molar-refractivity contribution in [2.24, 2.45) is 0 Å². The zero-order valence-corrected chi connectivity index (χ0v) is 12.3. The Bertz CT molecular complexity index is 771. The van der Waals surface area contributed by atoms with E-state index in [0.29, 0.717) is 5.82 Å². The van der Waals surface area contributed by atoms with Gasteiger partial charge in [0.05, 0.1) is 5.52 Å². The lowest BCUT2D eigenvalue weighted by atomic mass is 10.2. The average molecular weight is 298 g/mol. The van der Waals surface area contributed by atoms with Gasteiger partial charge in [-0.05, 0) is 24.8 Å². The van der Waals surface area contributed by atoms with Crippen molar-refractivity contribution in [1.29, 1.82) is 0 Å². The van der Waals surface area contributed by atoms with E-state index in [-0.39, 0.29) is 5.95 Å². The molecule has 0 unspecified atom stereocenters. The number of hydrogen-bond donors (Lipinski definition) is 2. The molecular weight excluding hydrogens is 284 g/mol. The fraction of sp³-hybridized carbons (Fsp3) is 0.143. The molecule has 2 heterocycles. The highest BCUT2D eigenvalue weighted by Gasteiger charge is 2.08. The van der Waals surface area contributed by atoms with E-state index < -0.39 is 0 Å². The average Bonchev–Trinajstić information content (AvgIpc) is 2.47. The molecule has 0 radical (unpaired) electrons. The van der Waals surface area contributed by atoms with E-state index >= 15 is 0 Å². The number of aromatic nitrogens is 4. The van der Waals surface area contributed by atoms with Crippen molar-refractivity contribution in [3.05, 3.63) is 36.7 Å². The molecule has 106 valence electrons. The smallest absolute Gasteiger partial charge is 0.223 e. The van der Waals surface area contributed by atoms with E-state index in [9.17, 15) is 0 Å². The van der Waals surface area contributed by atoms with Crippen LogP contribution in [0.1, 0.15) is 6.92 Å². The van der Waals surface area contributed by atoms with Crippen LogP contribution in [0.15, 0.2) is 46.7 Å². The van der Waals surface area contributed by atoms with E-state index in [2.05, 4.69) is 25.3 Å². The number of nitrogens with zero attached hydrogens (tertiary/aromatic N) is 4. The summed E-state index contributed by atoms with van der Waals surface area (Å²) in [4.78, 5) is 17.0. The molecule has 1 aromatic carbocycles. The molecule has 0 bridgehead atoms. The van der Waals surface area contributed by atoms with Gasteiger partial charge in [-0.15, -0.1) is 0 Å². The lowest BCUT2D eigenvalue weighted by Gasteiger charge is -2.07. The zero-order chi connectivity index (χ0) is 14.7. The van der Waals surface area contributed by atoms with Crippen LogP contribution >= 0.6 is 11.8 Å². The number of nitrogens with one attached hydrogen (secondary N) is 1. The molecule has 3 aromatic rings. The minimum Gasteiger partial charge on any atom is -0.370 e. The normalized spacial score (nSPS) is 10.7. The van der Waals surface area contributed by atoms with Gasteiger partial charge in [-0.1, -0.05) is 18.2 Å². The van der Waals surface area contributed by atoms with Crippen molar-refractivity contribution >= 4 is 34.4 Å². The van der Waals surface area contributed by atoms with E-state index in [1.54, 1.807) is 6.33 Å². The monoisotopic (exact) mass is 298 g/mol. The summed E-state index contributed by atoms with van der Waals surface area (Å²) in [5, 5.41) is 5.73. The summed E-state index contributed by atoms with van der Waals surface area (Å²) < 4.78 is 0. The van der Waals surface area contributed by atoms with Gasteiger partial charge in [0.25, 0.3) is 0 Å². The van der Waals surface area contributed by atoms with Crippen molar-refractivity contribution in [2.75, 3.05) is 17.6 Å². The van der Waals surface area contributed by atoms with Crippen LogP contribution in [0.4, 0.5) is 11.8 Å². The molecule has 0 atom stereocenters. The number of nitrogens with two attached hydrogens (primary N) is 1. The summed E-state index contributed by atoms with van der Waals surface area (Å²) in [5.41, 5.74) is 6.65. The largest absolute Gasteiger partial charge is 0.370 e. The molecule has 0 fully saturated rings. The molecule has 0 saturated carbocycles. The molecule has 2 aromatic heterocycles. The molecule has 0 spiro atoms. The van der Waals surface area contributed by atoms with Crippen molar-refractivity contribution < 1.29 is 0 Å². The highest BCUT2D eigenvalue weighted by molar-refractivity contribution is 7.99. The lowest BCUT2D eigenvalue weighted by Crippen LogP contribution is -2.04. The number of anilines is 2. The molecule has 3 N–H and O–H groups in total. The number of hydrogen-bond acceptors (Lipinski definition) is 7. The quantitative estimate of drug-likeness (QED) is 0.715. The van der Waals surface area contributed by atoms with E-state index in [0.717, 1.165) is 27.5 Å². The van der Waals surface area contributed by atoms with E-state index in [4.69, 9.17) is 5.73 Å². The molecule has 7 heteroatoms. The summed E-state index contributed by atoms with van der Waals surface area (Å²) in [6.45, 7) is 2.78. The van der Waals surface area contributed by atoms with Gasteiger partial charge < -0.3 is 11.1 Å². The van der Waals surface area contributed by atoms with Crippen LogP contribution in [-0.4, -0.2) is 26.5 Å². The first-order valence-electron chi connectivity index (χ1n) is 6.52. The van der Waals surface area contributed by atoms with Crippen LogP contribution in [0, 0.1) is 0 Å². The molecule has 6 nitrogen and oxygen atoms in total. The summed E-state index contributed by atoms with van der Waals surface area (Å²) in [6, 6.07) is 9.73. The Morgan fingerprint density at radius 3 is 2.90 bits per heavy atom. The molecular formula is C14H14N6S. The second kappa shape index (κ2) is 5.92. The Balaban J connectivity index is 1.98. The predicted molar refractivity (Wildman–Crippen MR) is 84.3 cm³/mol. The molecule has 0 amide bonds. The van der Waals surface area contributed by atoms with Gasteiger partial charge in [-0.25, -0.2) is 15.0 Å². The number of fused-ring (bicyclic) bond motifs is 1. The molecule has 0 aliphatic carbocycles. The maximum atomic E-state index is 5.75. The number of benzene rings is 1. The Morgan fingerprint density at radius 2 is 2.05 bits per heavy atom. The van der Waals surface area contributed by atoms with Crippen LogP contribution in [0.2, 0.25) is 0 Å². The van der Waals surface area contributed by atoms with Gasteiger partial charge in [0.2, 0.25) is 5.95 Å². The highest BCUT2D eigenvalue weighted by Crippen LogP contribution is 2.30. The van der Waals surface area contributed by atoms with Crippen molar-refractivity contribution in [2.45, 2.75) is 17.0 Å². The number of rotatable bonds is 4. The van der Waals surface area contributed by atoms with Crippen LogP contribution in [0.25, 0.3) is 10.9 Å². The highest BCUT2D eigenvalue weighted by atomic mass is 32.2. The van der Waals surface area contributed by atoms with Crippen molar-refractivity contribution in [3.8, 4) is 0 Å². The summed E-state index contributed by atoms with van der Waals surface area (Å²) in [6.07, 6.45) is 1.56. The maximum absolute atomic E-state index is 5.75. The van der Waals surface area contributed by atoms with Crippen molar-refractivity contribution in [3.63, 3.8) is 0 Å². The molecule has 0 aliphatic heterocycles. The topological polar surface area (TPSA) is 89.6 Å². The Hall–Kier alpha value is -2.41. The number of nitrogen functional groups attached to an aromatic ring is 1. The number of para-hydroxylation sites is 1. The second-order valence-corrected chi connectivity index (χ2v) is 5.29. The Morgan fingerprint density at radius 1 is 1.19 bits per heavy atom. The third kappa shape index (κ3) is 3.03. The first-order chi connectivity index (χ1) is 10.3. The Labute approximate surface area is 126 Å². The van der Waals surface area contributed by atoms with Gasteiger partial charge in [0.15, 0.2) is 0 Å². The molecule has 0 saturated heterocycles. The van der Waals surface area contributed by atoms with Crippen LogP contribution < -0.4 is 11.1 Å². The first-order valence-corrected chi connectivity index (χ1v) is 7.34. The standard InChI is InChI=1S/C14H14N6S/c1-2-16-11-7-12(20-14(15)19-11)21-13-9-5-3-4-6-10(9)17-8-18-13/h3-8H,2H2,1H3,(H3,15,16,19,20). The first kappa shape index (κ1) is 13.6. The van der Waals surface area contributed by atoms with Gasteiger partial charge in [-0.2, -0.15) is 4.98 Å². The molecule has 21 heavy (non-hydrogen) atoms. The van der Waals surface area contributed by atoms with Gasteiger partial charge in [0, 0.05) is 18.0 Å². The second-order valence-electron chi connectivity index (χ2n) is 4.28. The molecule has 0 aliphatic rings. The van der Waals surface area contributed by atoms with Crippen molar-refractivity contribution in [1.82, 2.24) is 19.9 Å². The third-order valence-corrected chi connectivity index (χ3v) is 3.72. The maximum Gasteiger partial charge on any atom is 0.223 e. The van der Waals surface area contributed by atoms with E-state index in [1.165, 1.54) is 11.8 Å². The van der Waals surface area contributed by atoms with Gasteiger partial charge in [0.1, 0.15) is 22.2 Å². The SMILES string of the molecule is CCNc1cc(Sc2ncnc3ccccc23)nc(N)n1. The van der Waals surface area contributed by atoms with E-state index in [1.807, 2.05) is 37.3 Å². The minimum atomic E-state index is 0.245. The van der Waals surface area contributed by atoms with Gasteiger partial charge >= 0.3 is 0 Å². The van der Waals surface area contributed by atoms with Crippen LogP contribution in [0.3, 0.4) is 0 Å².